The standard InChI is InChI=1S/C25H17BrN2O6/c1-2-33-18-10-8-16(9-11-18)27-22(14-3-6-17(7-4-14)28(31)32)21-23(29)19-13-15(26)5-12-20(19)34-24(21)25(27)30/h3-13,22H,2H2,1H3. The molecule has 0 aliphatic carbocycles. The van der Waals surface area contributed by atoms with Gasteiger partial charge in [-0.25, -0.2) is 0 Å². The van der Waals surface area contributed by atoms with Crippen LogP contribution in [0.15, 0.2) is 80.4 Å². The number of hydrogen-bond donors (Lipinski definition) is 0. The number of fused-ring (bicyclic) bond motifs is 2. The van der Waals surface area contributed by atoms with E-state index in [2.05, 4.69) is 15.9 Å². The summed E-state index contributed by atoms with van der Waals surface area (Å²) in [5.41, 5.74) is 1.16. The molecule has 3 aromatic carbocycles. The Hall–Kier alpha value is -3.98. The van der Waals surface area contributed by atoms with Crippen LogP contribution >= 0.6 is 15.9 Å². The van der Waals surface area contributed by atoms with Gasteiger partial charge in [0.2, 0.25) is 5.76 Å². The van der Waals surface area contributed by atoms with Crippen LogP contribution in [0.2, 0.25) is 0 Å². The Morgan fingerprint density at radius 2 is 1.76 bits per heavy atom. The minimum Gasteiger partial charge on any atom is -0.494 e. The minimum atomic E-state index is -0.819. The molecule has 5 rings (SSSR count). The van der Waals surface area contributed by atoms with E-state index >= 15 is 0 Å². The number of carbonyl (C=O) groups is 1. The number of anilines is 1. The molecule has 0 N–H and O–H groups in total. The first-order valence-electron chi connectivity index (χ1n) is 10.5. The van der Waals surface area contributed by atoms with Crippen LogP contribution in [0.4, 0.5) is 11.4 Å². The van der Waals surface area contributed by atoms with E-state index in [1.54, 1.807) is 54.6 Å². The Bertz CT molecular complexity index is 1500. The zero-order valence-electron chi connectivity index (χ0n) is 17.9. The van der Waals surface area contributed by atoms with Crippen LogP contribution in [0.1, 0.15) is 34.6 Å². The number of rotatable bonds is 5. The summed E-state index contributed by atoms with van der Waals surface area (Å²) in [6.07, 6.45) is 0. The minimum absolute atomic E-state index is 0.0444. The second-order valence-corrected chi connectivity index (χ2v) is 8.58. The van der Waals surface area contributed by atoms with E-state index in [0.29, 0.717) is 39.0 Å². The molecule has 1 amide bonds. The Kier molecular flexibility index (Phi) is 5.41. The van der Waals surface area contributed by atoms with E-state index < -0.39 is 16.9 Å². The molecule has 0 saturated carbocycles. The van der Waals surface area contributed by atoms with Gasteiger partial charge in [0, 0.05) is 22.3 Å². The first kappa shape index (κ1) is 21.8. The molecule has 0 radical (unpaired) electrons. The van der Waals surface area contributed by atoms with Crippen molar-refractivity contribution in [1.82, 2.24) is 0 Å². The lowest BCUT2D eigenvalue weighted by atomic mass is 9.98. The van der Waals surface area contributed by atoms with Crippen molar-refractivity contribution in [1.29, 1.82) is 0 Å². The number of benzene rings is 3. The Balaban J connectivity index is 1.73. The van der Waals surface area contributed by atoms with Gasteiger partial charge in [-0.1, -0.05) is 15.9 Å². The van der Waals surface area contributed by atoms with Crippen molar-refractivity contribution in [3.05, 3.63) is 108 Å². The molecule has 1 aromatic heterocycles. The third kappa shape index (κ3) is 3.54. The second-order valence-electron chi connectivity index (χ2n) is 7.67. The van der Waals surface area contributed by atoms with Crippen molar-refractivity contribution in [3.8, 4) is 5.75 Å². The van der Waals surface area contributed by atoms with Gasteiger partial charge in [0.15, 0.2) is 5.43 Å². The van der Waals surface area contributed by atoms with E-state index in [0.717, 1.165) is 0 Å². The number of ether oxygens (including phenoxy) is 1. The van der Waals surface area contributed by atoms with Crippen molar-refractivity contribution < 1.29 is 18.9 Å². The molecule has 0 bridgehead atoms. The van der Waals surface area contributed by atoms with Crippen molar-refractivity contribution in [3.63, 3.8) is 0 Å². The van der Waals surface area contributed by atoms with Crippen molar-refractivity contribution >= 4 is 44.2 Å². The average Bonchev–Trinajstić information content (AvgIpc) is 3.13. The highest BCUT2D eigenvalue weighted by molar-refractivity contribution is 9.10. The lowest BCUT2D eigenvalue weighted by Gasteiger charge is -2.25. The highest BCUT2D eigenvalue weighted by atomic mass is 79.9. The number of non-ortho nitro benzene ring substituents is 1. The molecule has 1 aliphatic heterocycles. The SMILES string of the molecule is CCOc1ccc(N2C(=O)c3oc4ccc(Br)cc4c(=O)c3C2c2ccc([N+](=O)[O-])cc2)cc1. The third-order valence-corrected chi connectivity index (χ3v) is 6.17. The number of nitro groups is 1. The summed E-state index contributed by atoms with van der Waals surface area (Å²) in [5.74, 6) is 0.133. The number of amides is 1. The van der Waals surface area contributed by atoms with Gasteiger partial charge in [0.25, 0.3) is 11.6 Å². The molecule has 4 aromatic rings. The molecule has 170 valence electrons. The average molecular weight is 521 g/mol. The maximum atomic E-state index is 13.6. The van der Waals surface area contributed by atoms with Crippen molar-refractivity contribution in [2.75, 3.05) is 11.5 Å². The summed E-state index contributed by atoms with van der Waals surface area (Å²) in [4.78, 5) is 39.3. The molecule has 8 nitrogen and oxygen atoms in total. The van der Waals surface area contributed by atoms with Gasteiger partial charge < -0.3 is 9.15 Å². The number of nitro benzene ring substituents is 1. The van der Waals surface area contributed by atoms with E-state index in [1.165, 1.54) is 17.0 Å². The number of carbonyl (C=O) groups excluding carboxylic acids is 1. The summed E-state index contributed by atoms with van der Waals surface area (Å²) in [6.45, 7) is 2.37. The van der Waals surface area contributed by atoms with Gasteiger partial charge in [-0.3, -0.25) is 24.6 Å². The van der Waals surface area contributed by atoms with Gasteiger partial charge in [-0.2, -0.15) is 0 Å². The Labute approximate surface area is 201 Å². The first-order valence-corrected chi connectivity index (χ1v) is 11.3. The van der Waals surface area contributed by atoms with Crippen LogP contribution in [0, 0.1) is 10.1 Å². The number of halogens is 1. The van der Waals surface area contributed by atoms with Crippen LogP contribution in [0.25, 0.3) is 11.0 Å². The summed E-state index contributed by atoms with van der Waals surface area (Å²) in [7, 11) is 0. The maximum Gasteiger partial charge on any atom is 0.295 e. The molecule has 1 atom stereocenters. The summed E-state index contributed by atoms with van der Waals surface area (Å²) in [6, 6.07) is 17.0. The van der Waals surface area contributed by atoms with E-state index in [9.17, 15) is 19.7 Å². The highest BCUT2D eigenvalue weighted by Gasteiger charge is 2.43. The summed E-state index contributed by atoms with van der Waals surface area (Å²) < 4.78 is 12.1. The lowest BCUT2D eigenvalue weighted by molar-refractivity contribution is -0.384. The predicted molar refractivity (Wildman–Crippen MR) is 130 cm³/mol. The molecule has 0 fully saturated rings. The predicted octanol–water partition coefficient (Wildman–Crippen LogP) is 5.61. The van der Waals surface area contributed by atoms with Gasteiger partial charge in [0.05, 0.1) is 28.5 Å². The first-order chi connectivity index (χ1) is 16.4. The molecule has 1 unspecified atom stereocenters. The number of nitrogens with zero attached hydrogens (tertiary/aromatic N) is 2. The molecule has 2 heterocycles. The number of hydrogen-bond acceptors (Lipinski definition) is 6. The topological polar surface area (TPSA) is 103 Å². The molecular formula is C25H17BrN2O6. The third-order valence-electron chi connectivity index (χ3n) is 5.68. The van der Waals surface area contributed by atoms with Crippen LogP contribution in [-0.2, 0) is 0 Å². The normalized spacial score (nSPS) is 14.9. The van der Waals surface area contributed by atoms with Crippen LogP contribution in [0.5, 0.6) is 5.75 Å². The van der Waals surface area contributed by atoms with E-state index in [-0.39, 0.29) is 22.4 Å². The fourth-order valence-corrected chi connectivity index (χ4v) is 4.54. The van der Waals surface area contributed by atoms with Crippen LogP contribution in [0.3, 0.4) is 0 Å². The fraction of sp³-hybridized carbons (Fsp3) is 0.120. The molecule has 34 heavy (non-hydrogen) atoms. The molecule has 0 spiro atoms. The van der Waals surface area contributed by atoms with E-state index in [4.69, 9.17) is 9.15 Å². The molecule has 1 aliphatic rings. The lowest BCUT2D eigenvalue weighted by Crippen LogP contribution is -2.29. The second kappa shape index (κ2) is 8.42. The van der Waals surface area contributed by atoms with Gasteiger partial charge in [-0.05, 0) is 67.1 Å². The van der Waals surface area contributed by atoms with Gasteiger partial charge in [-0.15, -0.1) is 0 Å². The molecule has 9 heteroatoms. The quantitative estimate of drug-likeness (QED) is 0.250. The zero-order chi connectivity index (χ0) is 24.0. The fourth-order valence-electron chi connectivity index (χ4n) is 4.17. The Morgan fingerprint density at radius 1 is 1.06 bits per heavy atom. The summed E-state index contributed by atoms with van der Waals surface area (Å²) >= 11 is 3.38. The van der Waals surface area contributed by atoms with Crippen LogP contribution in [-0.4, -0.2) is 17.4 Å². The van der Waals surface area contributed by atoms with Crippen LogP contribution < -0.4 is 15.1 Å². The molecule has 0 saturated heterocycles. The highest BCUT2D eigenvalue weighted by Crippen LogP contribution is 2.42. The van der Waals surface area contributed by atoms with Gasteiger partial charge >= 0.3 is 0 Å². The largest absolute Gasteiger partial charge is 0.494 e. The monoisotopic (exact) mass is 520 g/mol. The smallest absolute Gasteiger partial charge is 0.295 e. The zero-order valence-corrected chi connectivity index (χ0v) is 19.4. The van der Waals surface area contributed by atoms with Crippen molar-refractivity contribution in [2.45, 2.75) is 13.0 Å². The van der Waals surface area contributed by atoms with E-state index in [1.807, 2.05) is 6.92 Å². The Morgan fingerprint density at radius 3 is 2.41 bits per heavy atom. The maximum absolute atomic E-state index is 13.6. The summed E-state index contributed by atoms with van der Waals surface area (Å²) in [5, 5.41) is 11.5. The van der Waals surface area contributed by atoms with Crippen molar-refractivity contribution in [2.24, 2.45) is 0 Å². The van der Waals surface area contributed by atoms with Gasteiger partial charge in [0.1, 0.15) is 11.3 Å². The molecular weight excluding hydrogens is 504 g/mol.